The van der Waals surface area contributed by atoms with E-state index in [1.54, 1.807) is 19.6 Å². The summed E-state index contributed by atoms with van der Waals surface area (Å²) in [6.45, 7) is 3.94. The van der Waals surface area contributed by atoms with E-state index in [0.717, 1.165) is 35.0 Å². The van der Waals surface area contributed by atoms with Gasteiger partial charge in [-0.3, -0.25) is 0 Å². The number of hydrogen-bond acceptors (Lipinski definition) is 7. The lowest BCUT2D eigenvalue weighted by Gasteiger charge is -2.30. The first-order chi connectivity index (χ1) is 16.1. The molecule has 4 aromatic rings. The molecule has 9 heteroatoms. The highest BCUT2D eigenvalue weighted by Crippen LogP contribution is 2.33. The Morgan fingerprint density at radius 1 is 1.18 bits per heavy atom. The Kier molecular flexibility index (Phi) is 5.75. The van der Waals surface area contributed by atoms with Gasteiger partial charge >= 0.3 is 0 Å². The number of aromatic nitrogens is 4. The number of halogens is 1. The summed E-state index contributed by atoms with van der Waals surface area (Å²) in [7, 11) is 1.65. The summed E-state index contributed by atoms with van der Waals surface area (Å²) in [5, 5.41) is 3.99. The number of ether oxygens (including phenoxy) is 2. The number of hydrogen-bond donors (Lipinski definition) is 1. The van der Waals surface area contributed by atoms with Gasteiger partial charge in [0.1, 0.15) is 12.4 Å². The summed E-state index contributed by atoms with van der Waals surface area (Å²) in [4.78, 5) is 15.6. The normalized spacial score (nSPS) is 12.8. The molecular weight excluding hydrogens is 440 g/mol. The van der Waals surface area contributed by atoms with Gasteiger partial charge < -0.3 is 24.3 Å². The number of anilines is 3. The van der Waals surface area contributed by atoms with Gasteiger partial charge in [0.15, 0.2) is 11.6 Å². The number of aryl methyl sites for hydroxylation is 1. The van der Waals surface area contributed by atoms with Crippen LogP contribution in [0.5, 0.6) is 11.5 Å². The molecule has 0 unspecified atom stereocenters. The van der Waals surface area contributed by atoms with Crippen LogP contribution in [-0.2, 0) is 6.54 Å². The van der Waals surface area contributed by atoms with Gasteiger partial charge in [-0.25, -0.2) is 9.97 Å². The van der Waals surface area contributed by atoms with Crippen LogP contribution in [-0.4, -0.2) is 39.8 Å². The van der Waals surface area contributed by atoms with Crippen molar-refractivity contribution >= 4 is 29.1 Å². The van der Waals surface area contributed by atoms with Crippen LogP contribution >= 0.6 is 11.6 Å². The maximum atomic E-state index is 6.16. The zero-order valence-electron chi connectivity index (χ0n) is 18.3. The summed E-state index contributed by atoms with van der Waals surface area (Å²) in [5.41, 5.74) is 3.76. The topological polar surface area (TPSA) is 77.3 Å². The van der Waals surface area contributed by atoms with Crippen molar-refractivity contribution in [1.82, 2.24) is 19.5 Å². The lowest BCUT2D eigenvalue weighted by Crippen LogP contribution is -2.33. The van der Waals surface area contributed by atoms with Crippen LogP contribution in [0, 0.1) is 6.92 Å². The third-order valence-electron chi connectivity index (χ3n) is 5.34. The third kappa shape index (κ3) is 4.56. The van der Waals surface area contributed by atoms with Crippen molar-refractivity contribution in [1.29, 1.82) is 0 Å². The Balaban J connectivity index is 1.39. The van der Waals surface area contributed by atoms with Crippen molar-refractivity contribution < 1.29 is 9.47 Å². The SMILES string of the molecule is COc1cc(Nc2ncc3c(n2)N(Cc2cccc(Cl)c2)CCO3)ccc1-n1cnc(C)c1. The highest BCUT2D eigenvalue weighted by molar-refractivity contribution is 6.30. The number of imidazole rings is 1. The van der Waals surface area contributed by atoms with Crippen LogP contribution < -0.4 is 19.7 Å². The van der Waals surface area contributed by atoms with Crippen molar-refractivity contribution in [3.8, 4) is 17.2 Å². The van der Waals surface area contributed by atoms with E-state index in [0.29, 0.717) is 35.6 Å². The molecule has 3 heterocycles. The van der Waals surface area contributed by atoms with E-state index >= 15 is 0 Å². The van der Waals surface area contributed by atoms with Gasteiger partial charge in [0.25, 0.3) is 0 Å². The number of benzene rings is 2. The molecule has 168 valence electrons. The number of nitrogens with zero attached hydrogens (tertiary/aromatic N) is 5. The Bertz CT molecular complexity index is 1290. The van der Waals surface area contributed by atoms with Crippen molar-refractivity contribution in [2.24, 2.45) is 0 Å². The molecule has 0 aliphatic carbocycles. The molecule has 1 aliphatic heterocycles. The maximum absolute atomic E-state index is 6.16. The lowest BCUT2D eigenvalue weighted by atomic mass is 10.2. The fourth-order valence-electron chi connectivity index (χ4n) is 3.78. The number of nitrogens with one attached hydrogen (secondary N) is 1. The fraction of sp³-hybridized carbons (Fsp3) is 0.208. The molecule has 1 aliphatic rings. The molecule has 0 radical (unpaired) electrons. The van der Waals surface area contributed by atoms with Crippen LogP contribution in [0.4, 0.5) is 17.5 Å². The summed E-state index contributed by atoms with van der Waals surface area (Å²) in [6, 6.07) is 13.7. The first kappa shape index (κ1) is 21.1. The summed E-state index contributed by atoms with van der Waals surface area (Å²) in [5.74, 6) is 2.60. The second-order valence-electron chi connectivity index (χ2n) is 7.72. The summed E-state index contributed by atoms with van der Waals surface area (Å²) in [6.07, 6.45) is 5.42. The van der Waals surface area contributed by atoms with Gasteiger partial charge in [-0.15, -0.1) is 0 Å². The Labute approximate surface area is 196 Å². The van der Waals surface area contributed by atoms with Crippen LogP contribution in [0.1, 0.15) is 11.3 Å². The van der Waals surface area contributed by atoms with E-state index in [1.165, 1.54) is 0 Å². The van der Waals surface area contributed by atoms with E-state index < -0.39 is 0 Å². The molecule has 2 aromatic heterocycles. The van der Waals surface area contributed by atoms with Gasteiger partial charge in [0.05, 0.1) is 37.6 Å². The number of rotatable bonds is 6. The van der Waals surface area contributed by atoms with E-state index in [-0.39, 0.29) is 0 Å². The summed E-state index contributed by atoms with van der Waals surface area (Å²) < 4.78 is 13.3. The van der Waals surface area contributed by atoms with Crippen LogP contribution in [0.3, 0.4) is 0 Å². The quantitative estimate of drug-likeness (QED) is 0.442. The molecule has 33 heavy (non-hydrogen) atoms. The Hall–Kier alpha value is -3.78. The van der Waals surface area contributed by atoms with E-state index in [2.05, 4.69) is 26.3 Å². The van der Waals surface area contributed by atoms with Crippen LogP contribution in [0.25, 0.3) is 5.69 Å². The van der Waals surface area contributed by atoms with Crippen LogP contribution in [0.2, 0.25) is 5.02 Å². The predicted octanol–water partition coefficient (Wildman–Crippen LogP) is 4.78. The maximum Gasteiger partial charge on any atom is 0.229 e. The molecule has 0 spiro atoms. The van der Waals surface area contributed by atoms with Crippen molar-refractivity contribution in [2.45, 2.75) is 13.5 Å². The molecular formula is C24H23ClN6O2. The average molecular weight is 463 g/mol. The van der Waals surface area contributed by atoms with Crippen molar-refractivity contribution in [3.05, 3.63) is 77.5 Å². The molecule has 0 amide bonds. The van der Waals surface area contributed by atoms with Crippen molar-refractivity contribution in [2.75, 3.05) is 30.5 Å². The molecule has 0 atom stereocenters. The van der Waals surface area contributed by atoms with E-state index in [9.17, 15) is 0 Å². The van der Waals surface area contributed by atoms with Gasteiger partial charge in [-0.05, 0) is 36.8 Å². The molecule has 0 bridgehead atoms. The first-order valence-electron chi connectivity index (χ1n) is 10.5. The minimum atomic E-state index is 0.476. The van der Waals surface area contributed by atoms with Gasteiger partial charge in [0, 0.05) is 29.5 Å². The lowest BCUT2D eigenvalue weighted by molar-refractivity contribution is 0.303. The van der Waals surface area contributed by atoms with Gasteiger partial charge in [-0.1, -0.05) is 23.7 Å². The minimum absolute atomic E-state index is 0.476. The Morgan fingerprint density at radius 3 is 2.88 bits per heavy atom. The highest BCUT2D eigenvalue weighted by Gasteiger charge is 2.21. The highest BCUT2D eigenvalue weighted by atomic mass is 35.5. The Morgan fingerprint density at radius 2 is 2.09 bits per heavy atom. The smallest absolute Gasteiger partial charge is 0.229 e. The predicted molar refractivity (Wildman–Crippen MR) is 128 cm³/mol. The molecule has 2 aromatic carbocycles. The number of fused-ring (bicyclic) bond motifs is 1. The van der Waals surface area contributed by atoms with E-state index in [4.69, 9.17) is 26.1 Å². The largest absolute Gasteiger partial charge is 0.494 e. The zero-order valence-corrected chi connectivity index (χ0v) is 19.1. The second-order valence-corrected chi connectivity index (χ2v) is 8.15. The number of methoxy groups -OCH3 is 1. The second kappa shape index (κ2) is 8.99. The third-order valence-corrected chi connectivity index (χ3v) is 5.58. The molecule has 0 saturated carbocycles. The molecule has 1 N–H and O–H groups in total. The van der Waals surface area contributed by atoms with E-state index in [1.807, 2.05) is 54.1 Å². The fourth-order valence-corrected chi connectivity index (χ4v) is 4.00. The molecule has 5 rings (SSSR count). The first-order valence-corrected chi connectivity index (χ1v) is 10.9. The zero-order chi connectivity index (χ0) is 22.8. The monoisotopic (exact) mass is 462 g/mol. The van der Waals surface area contributed by atoms with Crippen molar-refractivity contribution in [3.63, 3.8) is 0 Å². The minimum Gasteiger partial charge on any atom is -0.494 e. The molecule has 0 saturated heterocycles. The molecule has 8 nitrogen and oxygen atoms in total. The average Bonchev–Trinajstić information content (AvgIpc) is 3.25. The van der Waals surface area contributed by atoms with Gasteiger partial charge in [-0.2, -0.15) is 4.98 Å². The summed E-state index contributed by atoms with van der Waals surface area (Å²) >= 11 is 6.16. The van der Waals surface area contributed by atoms with Gasteiger partial charge in [0.2, 0.25) is 5.95 Å². The van der Waals surface area contributed by atoms with Crippen LogP contribution in [0.15, 0.2) is 61.2 Å². The standard InChI is InChI=1S/C24H23ClN6O2/c1-16-13-31(15-27-16)20-7-6-19(11-21(20)32-2)28-24-26-12-22-23(29-24)30(8-9-33-22)14-17-4-3-5-18(25)10-17/h3-7,10-13,15H,8-9,14H2,1-2H3,(H,26,28,29). The molecule has 0 fully saturated rings.